The number of rotatable bonds is 4. The number of thiol groups is 1. The second-order valence-corrected chi connectivity index (χ2v) is 5.76. The van der Waals surface area contributed by atoms with E-state index in [9.17, 15) is 4.79 Å². The molecule has 0 atom stereocenters. The Morgan fingerprint density at radius 2 is 2.25 bits per heavy atom. The van der Waals surface area contributed by atoms with Crippen molar-refractivity contribution in [1.29, 1.82) is 0 Å². The number of nitrogens with zero attached hydrogens (tertiary/aromatic N) is 1. The summed E-state index contributed by atoms with van der Waals surface area (Å²) < 4.78 is 0.931. The first kappa shape index (κ1) is 13.9. The van der Waals surface area contributed by atoms with Gasteiger partial charge in [-0.3, -0.25) is 4.79 Å². The van der Waals surface area contributed by atoms with Gasteiger partial charge < -0.3 is 4.90 Å². The van der Waals surface area contributed by atoms with Gasteiger partial charge in [-0.25, -0.2) is 0 Å². The van der Waals surface area contributed by atoms with Gasteiger partial charge in [0.1, 0.15) is 0 Å². The van der Waals surface area contributed by atoms with Crippen LogP contribution in [0.15, 0.2) is 27.6 Å². The highest BCUT2D eigenvalue weighted by molar-refractivity contribution is 9.10. The molecule has 0 aromatic heterocycles. The molecule has 1 aromatic rings. The monoisotopic (exact) mass is 319 g/mol. The highest BCUT2D eigenvalue weighted by Gasteiger charge is 2.13. The maximum Gasteiger partial charge on any atom is 0.254 e. The molecule has 0 bridgehead atoms. The van der Waals surface area contributed by atoms with Gasteiger partial charge >= 0.3 is 0 Å². The molecule has 0 aliphatic rings. The maximum atomic E-state index is 12.0. The summed E-state index contributed by atoms with van der Waals surface area (Å²) in [5.74, 6) is 0.965. The Hall–Kier alpha value is -0.130. The molecule has 5 heteroatoms. The lowest BCUT2D eigenvalue weighted by molar-refractivity contribution is 0.0800. The molecule has 88 valence electrons. The van der Waals surface area contributed by atoms with E-state index in [0.29, 0.717) is 10.5 Å². The van der Waals surface area contributed by atoms with E-state index in [2.05, 4.69) is 28.6 Å². The van der Waals surface area contributed by atoms with E-state index in [0.717, 1.165) is 16.8 Å². The van der Waals surface area contributed by atoms with Crippen molar-refractivity contribution in [3.8, 4) is 0 Å². The molecule has 2 nitrogen and oxygen atoms in total. The van der Waals surface area contributed by atoms with Crippen molar-refractivity contribution in [2.75, 3.05) is 25.6 Å². The number of thioether (sulfide) groups is 1. The van der Waals surface area contributed by atoms with E-state index >= 15 is 0 Å². The van der Waals surface area contributed by atoms with Gasteiger partial charge in [0.05, 0.1) is 5.56 Å². The first-order valence-corrected chi connectivity index (χ1v) is 7.42. The SMILES string of the molecule is CSCCN(C)C(=O)c1ccc(Br)cc1S. The Morgan fingerprint density at radius 1 is 1.56 bits per heavy atom. The van der Waals surface area contributed by atoms with Crippen molar-refractivity contribution in [1.82, 2.24) is 4.90 Å². The van der Waals surface area contributed by atoms with Crippen LogP contribution in [0.25, 0.3) is 0 Å². The first-order chi connectivity index (χ1) is 7.56. The largest absolute Gasteiger partial charge is 0.341 e. The third-order valence-electron chi connectivity index (χ3n) is 2.17. The fourth-order valence-electron chi connectivity index (χ4n) is 1.22. The van der Waals surface area contributed by atoms with Crippen LogP contribution in [0.4, 0.5) is 0 Å². The molecule has 0 heterocycles. The maximum absolute atomic E-state index is 12.0. The van der Waals surface area contributed by atoms with Gasteiger partial charge in [-0.15, -0.1) is 12.6 Å². The van der Waals surface area contributed by atoms with Crippen LogP contribution in [0.1, 0.15) is 10.4 Å². The Labute approximate surface area is 114 Å². The van der Waals surface area contributed by atoms with Gasteiger partial charge in [-0.05, 0) is 24.5 Å². The van der Waals surface area contributed by atoms with Crippen LogP contribution in [-0.4, -0.2) is 36.4 Å². The van der Waals surface area contributed by atoms with Gasteiger partial charge in [-0.2, -0.15) is 11.8 Å². The molecule has 0 saturated carbocycles. The predicted octanol–water partition coefficient (Wildman–Crippen LogP) is 3.17. The molecule has 16 heavy (non-hydrogen) atoms. The first-order valence-electron chi connectivity index (χ1n) is 4.79. The number of carbonyl (C=O) groups is 1. The Kier molecular flexibility index (Phi) is 5.72. The van der Waals surface area contributed by atoms with E-state index < -0.39 is 0 Å². The molecule has 0 N–H and O–H groups in total. The summed E-state index contributed by atoms with van der Waals surface area (Å²) in [5, 5.41) is 0. The Morgan fingerprint density at radius 3 is 2.81 bits per heavy atom. The van der Waals surface area contributed by atoms with Crippen molar-refractivity contribution in [2.24, 2.45) is 0 Å². The topological polar surface area (TPSA) is 20.3 Å². The van der Waals surface area contributed by atoms with Crippen LogP contribution in [0.2, 0.25) is 0 Å². The van der Waals surface area contributed by atoms with Crippen molar-refractivity contribution in [3.63, 3.8) is 0 Å². The quantitative estimate of drug-likeness (QED) is 0.860. The lowest BCUT2D eigenvalue weighted by atomic mass is 10.2. The number of halogens is 1. The average Bonchev–Trinajstić information content (AvgIpc) is 2.25. The van der Waals surface area contributed by atoms with Gasteiger partial charge in [-0.1, -0.05) is 15.9 Å². The zero-order chi connectivity index (χ0) is 12.1. The van der Waals surface area contributed by atoms with Crippen molar-refractivity contribution >= 4 is 46.2 Å². The summed E-state index contributed by atoms with van der Waals surface area (Å²) in [6, 6.07) is 5.48. The lowest BCUT2D eigenvalue weighted by Gasteiger charge is -2.17. The molecule has 0 aliphatic heterocycles. The van der Waals surface area contributed by atoms with E-state index in [1.54, 1.807) is 22.7 Å². The van der Waals surface area contributed by atoms with Crippen molar-refractivity contribution in [3.05, 3.63) is 28.2 Å². The molecular weight excluding hydrogens is 306 g/mol. The van der Waals surface area contributed by atoms with Crippen LogP contribution in [-0.2, 0) is 0 Å². The van der Waals surface area contributed by atoms with Gasteiger partial charge in [0.2, 0.25) is 0 Å². The summed E-state index contributed by atoms with van der Waals surface area (Å²) in [6.45, 7) is 0.753. The Balaban J connectivity index is 2.79. The minimum atomic E-state index is 0.0200. The molecule has 0 spiro atoms. The fourth-order valence-corrected chi connectivity index (χ4v) is 2.52. The number of benzene rings is 1. The summed E-state index contributed by atoms with van der Waals surface area (Å²) >= 11 is 9.39. The lowest BCUT2D eigenvalue weighted by Crippen LogP contribution is -2.29. The van der Waals surface area contributed by atoms with Gasteiger partial charge in [0.15, 0.2) is 0 Å². The third kappa shape index (κ3) is 3.71. The molecule has 1 amide bonds. The molecule has 0 aliphatic carbocycles. The minimum absolute atomic E-state index is 0.0200. The molecule has 0 unspecified atom stereocenters. The van der Waals surface area contributed by atoms with Crippen LogP contribution in [0.5, 0.6) is 0 Å². The zero-order valence-electron chi connectivity index (χ0n) is 9.24. The van der Waals surface area contributed by atoms with E-state index in [1.165, 1.54) is 0 Å². The molecule has 0 fully saturated rings. The molecule has 1 aromatic carbocycles. The normalized spacial score (nSPS) is 10.2. The predicted molar refractivity (Wildman–Crippen MR) is 76.7 cm³/mol. The average molecular weight is 320 g/mol. The van der Waals surface area contributed by atoms with Crippen LogP contribution in [0.3, 0.4) is 0 Å². The van der Waals surface area contributed by atoms with Crippen molar-refractivity contribution in [2.45, 2.75) is 4.90 Å². The zero-order valence-corrected chi connectivity index (χ0v) is 12.5. The van der Waals surface area contributed by atoms with Crippen LogP contribution in [0, 0.1) is 0 Å². The minimum Gasteiger partial charge on any atom is -0.341 e. The third-order valence-corrected chi connectivity index (χ3v) is 3.62. The highest BCUT2D eigenvalue weighted by atomic mass is 79.9. The van der Waals surface area contributed by atoms with Gasteiger partial charge in [0.25, 0.3) is 5.91 Å². The van der Waals surface area contributed by atoms with E-state index in [1.807, 2.05) is 25.4 Å². The number of hydrogen-bond acceptors (Lipinski definition) is 3. The number of carbonyl (C=O) groups excluding carboxylic acids is 1. The summed E-state index contributed by atoms with van der Waals surface area (Å²) in [7, 11) is 1.81. The smallest absolute Gasteiger partial charge is 0.254 e. The molecule has 1 rings (SSSR count). The standard InChI is InChI=1S/C11H14BrNOS2/c1-13(5-6-16-2)11(14)9-4-3-8(12)7-10(9)15/h3-4,7,15H,5-6H2,1-2H3. The van der Waals surface area contributed by atoms with Crippen LogP contribution >= 0.6 is 40.3 Å². The van der Waals surface area contributed by atoms with E-state index in [4.69, 9.17) is 0 Å². The molecule has 0 saturated heterocycles. The molecule has 0 radical (unpaired) electrons. The van der Waals surface area contributed by atoms with E-state index in [-0.39, 0.29) is 5.91 Å². The Bertz CT molecular complexity index is 384. The highest BCUT2D eigenvalue weighted by Crippen LogP contribution is 2.20. The van der Waals surface area contributed by atoms with Gasteiger partial charge in [0, 0.05) is 28.7 Å². The van der Waals surface area contributed by atoms with Crippen LogP contribution < -0.4 is 0 Å². The number of hydrogen-bond donors (Lipinski definition) is 1. The molecular formula is C11H14BrNOS2. The van der Waals surface area contributed by atoms with Crippen molar-refractivity contribution < 1.29 is 4.79 Å². The summed E-state index contributed by atoms with van der Waals surface area (Å²) in [6.07, 6.45) is 2.03. The fraction of sp³-hybridized carbons (Fsp3) is 0.364. The summed E-state index contributed by atoms with van der Waals surface area (Å²) in [5.41, 5.74) is 0.648. The summed E-state index contributed by atoms with van der Waals surface area (Å²) in [4.78, 5) is 14.5. The second kappa shape index (κ2) is 6.57. The second-order valence-electron chi connectivity index (χ2n) is 3.38. The number of amides is 1.